The summed E-state index contributed by atoms with van der Waals surface area (Å²) in [6.07, 6.45) is 3.11. The molecule has 2 N–H and O–H groups in total. The zero-order valence-corrected chi connectivity index (χ0v) is 5.72. The highest BCUT2D eigenvalue weighted by molar-refractivity contribution is 5.10. The largest absolute Gasteiger partial charge is 0.313 e. The lowest BCUT2D eigenvalue weighted by molar-refractivity contribution is 0.430. The van der Waals surface area contributed by atoms with Crippen LogP contribution in [0.2, 0.25) is 0 Å². The SMILES string of the molecule is C[C@@H]1CCC[C@@]1(N)C#N. The van der Waals surface area contributed by atoms with Crippen molar-refractivity contribution in [3.8, 4) is 6.07 Å². The van der Waals surface area contributed by atoms with Crippen LogP contribution in [0.1, 0.15) is 26.2 Å². The van der Waals surface area contributed by atoms with E-state index >= 15 is 0 Å². The highest BCUT2D eigenvalue weighted by Crippen LogP contribution is 2.32. The minimum Gasteiger partial charge on any atom is -0.313 e. The van der Waals surface area contributed by atoms with Crippen molar-refractivity contribution in [2.24, 2.45) is 11.7 Å². The Morgan fingerprint density at radius 2 is 2.44 bits per heavy atom. The number of nitrogens with two attached hydrogens (primary N) is 1. The van der Waals surface area contributed by atoms with E-state index in [2.05, 4.69) is 13.0 Å². The quantitative estimate of drug-likeness (QED) is 0.524. The molecule has 9 heavy (non-hydrogen) atoms. The zero-order chi connectivity index (χ0) is 6.91. The summed E-state index contributed by atoms with van der Waals surface area (Å²) in [6, 6.07) is 2.17. The van der Waals surface area contributed by atoms with Crippen LogP contribution >= 0.6 is 0 Å². The summed E-state index contributed by atoms with van der Waals surface area (Å²) < 4.78 is 0. The number of nitriles is 1. The first-order valence-corrected chi connectivity index (χ1v) is 3.39. The second-order valence-electron chi connectivity index (χ2n) is 2.95. The molecule has 2 nitrogen and oxygen atoms in total. The van der Waals surface area contributed by atoms with Crippen LogP contribution in [0.5, 0.6) is 0 Å². The first kappa shape index (κ1) is 6.57. The Morgan fingerprint density at radius 3 is 2.67 bits per heavy atom. The van der Waals surface area contributed by atoms with E-state index in [4.69, 9.17) is 11.0 Å². The van der Waals surface area contributed by atoms with Crippen molar-refractivity contribution in [3.63, 3.8) is 0 Å². The molecule has 0 unspecified atom stereocenters. The monoisotopic (exact) mass is 124 g/mol. The third-order valence-corrected chi connectivity index (χ3v) is 2.32. The number of nitrogens with zero attached hydrogens (tertiary/aromatic N) is 1. The molecule has 1 rings (SSSR count). The molecule has 0 heterocycles. The Hall–Kier alpha value is -0.550. The molecule has 0 aliphatic heterocycles. The van der Waals surface area contributed by atoms with Gasteiger partial charge in [0.05, 0.1) is 6.07 Å². The molecular formula is C7H12N2. The molecule has 1 fully saturated rings. The van der Waals surface area contributed by atoms with Crippen molar-refractivity contribution in [1.29, 1.82) is 5.26 Å². The Kier molecular flexibility index (Phi) is 1.46. The van der Waals surface area contributed by atoms with Crippen LogP contribution in [-0.4, -0.2) is 5.54 Å². The van der Waals surface area contributed by atoms with Gasteiger partial charge in [-0.3, -0.25) is 0 Å². The number of hydrogen-bond donors (Lipinski definition) is 1. The highest BCUT2D eigenvalue weighted by atomic mass is 14.8. The Bertz CT molecular complexity index is 147. The van der Waals surface area contributed by atoms with Gasteiger partial charge >= 0.3 is 0 Å². The van der Waals surface area contributed by atoms with E-state index in [0.29, 0.717) is 5.92 Å². The van der Waals surface area contributed by atoms with E-state index in [-0.39, 0.29) is 0 Å². The lowest BCUT2D eigenvalue weighted by Gasteiger charge is -2.18. The van der Waals surface area contributed by atoms with Gasteiger partial charge in [-0.05, 0) is 18.8 Å². The van der Waals surface area contributed by atoms with Crippen molar-refractivity contribution in [2.75, 3.05) is 0 Å². The lowest BCUT2D eigenvalue weighted by atomic mass is 9.92. The normalized spacial score (nSPS) is 42.6. The van der Waals surface area contributed by atoms with Gasteiger partial charge in [-0.25, -0.2) is 0 Å². The maximum absolute atomic E-state index is 8.62. The third kappa shape index (κ3) is 0.927. The van der Waals surface area contributed by atoms with E-state index in [1.165, 1.54) is 0 Å². The summed E-state index contributed by atoms with van der Waals surface area (Å²) in [7, 11) is 0. The summed E-state index contributed by atoms with van der Waals surface area (Å²) in [5.41, 5.74) is 5.24. The van der Waals surface area contributed by atoms with Gasteiger partial charge in [-0.15, -0.1) is 0 Å². The van der Waals surface area contributed by atoms with E-state index < -0.39 is 5.54 Å². The average Bonchev–Trinajstić information content (AvgIpc) is 2.15. The molecule has 0 spiro atoms. The molecule has 0 radical (unpaired) electrons. The summed E-state index contributed by atoms with van der Waals surface area (Å²) >= 11 is 0. The lowest BCUT2D eigenvalue weighted by Crippen LogP contribution is -2.40. The van der Waals surface area contributed by atoms with Crippen molar-refractivity contribution in [3.05, 3.63) is 0 Å². The predicted molar refractivity (Wildman–Crippen MR) is 35.5 cm³/mol. The van der Waals surface area contributed by atoms with Crippen LogP contribution in [0.15, 0.2) is 0 Å². The van der Waals surface area contributed by atoms with Crippen molar-refractivity contribution < 1.29 is 0 Å². The fourth-order valence-corrected chi connectivity index (χ4v) is 1.37. The molecule has 2 atom stereocenters. The molecule has 0 bridgehead atoms. The van der Waals surface area contributed by atoms with E-state index in [1.807, 2.05) is 0 Å². The summed E-state index contributed by atoms with van der Waals surface area (Å²) in [4.78, 5) is 0. The summed E-state index contributed by atoms with van der Waals surface area (Å²) in [5.74, 6) is 0.391. The second kappa shape index (κ2) is 2.00. The van der Waals surface area contributed by atoms with Crippen LogP contribution in [-0.2, 0) is 0 Å². The molecule has 1 aliphatic rings. The van der Waals surface area contributed by atoms with Gasteiger partial charge in [0.2, 0.25) is 0 Å². The topological polar surface area (TPSA) is 49.8 Å². The fourth-order valence-electron chi connectivity index (χ4n) is 1.37. The Labute approximate surface area is 55.7 Å². The number of rotatable bonds is 0. The summed E-state index contributed by atoms with van der Waals surface area (Å²) in [6.45, 7) is 2.05. The molecular weight excluding hydrogens is 112 g/mol. The number of hydrogen-bond acceptors (Lipinski definition) is 2. The maximum Gasteiger partial charge on any atom is 0.106 e. The van der Waals surface area contributed by atoms with E-state index in [9.17, 15) is 0 Å². The highest BCUT2D eigenvalue weighted by Gasteiger charge is 2.36. The van der Waals surface area contributed by atoms with Crippen LogP contribution in [0.3, 0.4) is 0 Å². The van der Waals surface area contributed by atoms with Crippen molar-refractivity contribution >= 4 is 0 Å². The second-order valence-corrected chi connectivity index (χ2v) is 2.95. The standard InChI is InChI=1S/C7H12N2/c1-6-3-2-4-7(6,9)5-8/h6H,2-4,9H2,1H3/t6-,7-/m1/s1. The molecule has 0 saturated heterocycles. The minimum atomic E-state index is -0.500. The molecule has 0 aromatic carbocycles. The first-order valence-electron chi connectivity index (χ1n) is 3.39. The zero-order valence-electron chi connectivity index (χ0n) is 5.72. The van der Waals surface area contributed by atoms with Gasteiger partial charge in [0.25, 0.3) is 0 Å². The molecule has 1 aliphatic carbocycles. The van der Waals surface area contributed by atoms with Gasteiger partial charge in [0.1, 0.15) is 5.54 Å². The summed E-state index contributed by atoms with van der Waals surface area (Å²) in [5, 5.41) is 8.62. The maximum atomic E-state index is 8.62. The van der Waals surface area contributed by atoms with Crippen molar-refractivity contribution in [1.82, 2.24) is 0 Å². The third-order valence-electron chi connectivity index (χ3n) is 2.32. The molecule has 2 heteroatoms. The van der Waals surface area contributed by atoms with Gasteiger partial charge in [-0.2, -0.15) is 5.26 Å². The van der Waals surface area contributed by atoms with Gasteiger partial charge in [-0.1, -0.05) is 13.3 Å². The predicted octanol–water partition coefficient (Wildman–Crippen LogP) is 1.03. The van der Waals surface area contributed by atoms with Gasteiger partial charge < -0.3 is 5.73 Å². The average molecular weight is 124 g/mol. The molecule has 50 valence electrons. The molecule has 0 aromatic rings. The van der Waals surface area contributed by atoms with E-state index in [0.717, 1.165) is 19.3 Å². The fraction of sp³-hybridized carbons (Fsp3) is 0.857. The minimum absolute atomic E-state index is 0.391. The van der Waals surface area contributed by atoms with Crippen LogP contribution in [0.25, 0.3) is 0 Å². The first-order chi connectivity index (χ1) is 4.19. The van der Waals surface area contributed by atoms with Gasteiger partial charge in [0.15, 0.2) is 0 Å². The smallest absolute Gasteiger partial charge is 0.106 e. The van der Waals surface area contributed by atoms with Crippen LogP contribution < -0.4 is 5.73 Å². The van der Waals surface area contributed by atoms with Gasteiger partial charge in [0, 0.05) is 0 Å². The Morgan fingerprint density at radius 1 is 1.78 bits per heavy atom. The molecule has 0 amide bonds. The van der Waals surface area contributed by atoms with Crippen molar-refractivity contribution in [2.45, 2.75) is 31.7 Å². The van der Waals surface area contributed by atoms with Crippen LogP contribution in [0, 0.1) is 17.2 Å². The van der Waals surface area contributed by atoms with Crippen LogP contribution in [0.4, 0.5) is 0 Å². The molecule has 1 saturated carbocycles. The Balaban J connectivity index is 2.70. The van der Waals surface area contributed by atoms with E-state index in [1.54, 1.807) is 0 Å². The molecule has 0 aromatic heterocycles.